The lowest BCUT2D eigenvalue weighted by atomic mass is 10.1. The first-order valence-electron chi connectivity index (χ1n) is 5.65. The summed E-state index contributed by atoms with van der Waals surface area (Å²) in [4.78, 5) is 0. The van der Waals surface area contributed by atoms with E-state index in [-0.39, 0.29) is 0 Å². The highest BCUT2D eigenvalue weighted by Gasteiger charge is 2.12. The first-order valence-corrected chi connectivity index (χ1v) is 6.03. The molecule has 2 nitrogen and oxygen atoms in total. The van der Waals surface area contributed by atoms with Crippen LogP contribution in [-0.4, -0.2) is 9.78 Å². The Balaban J connectivity index is 2.00. The molecule has 1 aliphatic heterocycles. The van der Waals surface area contributed by atoms with Crippen molar-refractivity contribution in [3.05, 3.63) is 41.0 Å². The highest BCUT2D eigenvalue weighted by atomic mass is 35.5. The Bertz CT molecular complexity index is 476. The Morgan fingerprint density at radius 3 is 2.69 bits per heavy atom. The van der Waals surface area contributed by atoms with Crippen LogP contribution < -0.4 is 0 Å². The maximum atomic E-state index is 5.87. The monoisotopic (exact) mass is 232 g/mol. The van der Waals surface area contributed by atoms with Crippen molar-refractivity contribution >= 4 is 11.6 Å². The van der Waals surface area contributed by atoms with Gasteiger partial charge in [0.05, 0.1) is 5.69 Å². The van der Waals surface area contributed by atoms with Crippen molar-refractivity contribution in [3.8, 4) is 11.3 Å². The van der Waals surface area contributed by atoms with Gasteiger partial charge in [-0.05, 0) is 37.5 Å². The molecule has 0 fully saturated rings. The number of aryl methyl sites for hydroxylation is 2. The van der Waals surface area contributed by atoms with Crippen LogP contribution in [0.4, 0.5) is 0 Å². The summed E-state index contributed by atoms with van der Waals surface area (Å²) in [6.45, 7) is 1.06. The molecule has 0 saturated heterocycles. The Morgan fingerprint density at radius 2 is 1.94 bits per heavy atom. The second-order valence-corrected chi connectivity index (χ2v) is 4.64. The van der Waals surface area contributed by atoms with Crippen LogP contribution in [0.3, 0.4) is 0 Å². The Hall–Kier alpha value is -1.28. The highest BCUT2D eigenvalue weighted by molar-refractivity contribution is 6.30. The lowest BCUT2D eigenvalue weighted by molar-refractivity contribution is 0.487. The second-order valence-electron chi connectivity index (χ2n) is 4.21. The summed E-state index contributed by atoms with van der Waals surface area (Å²) in [5.74, 6) is 0. The molecule has 0 radical (unpaired) electrons. The third-order valence-electron chi connectivity index (χ3n) is 3.06. The number of benzene rings is 1. The third kappa shape index (κ3) is 1.74. The SMILES string of the molecule is Clc1ccc(-c2cc3n(n2)CCCC3)cc1. The average Bonchev–Trinajstić information content (AvgIpc) is 2.73. The van der Waals surface area contributed by atoms with Crippen molar-refractivity contribution in [1.82, 2.24) is 9.78 Å². The van der Waals surface area contributed by atoms with Gasteiger partial charge in [0, 0.05) is 22.8 Å². The van der Waals surface area contributed by atoms with E-state index in [2.05, 4.69) is 15.8 Å². The van der Waals surface area contributed by atoms with Crippen molar-refractivity contribution in [2.75, 3.05) is 0 Å². The number of hydrogen-bond donors (Lipinski definition) is 0. The number of nitrogens with zero attached hydrogens (tertiary/aromatic N) is 2. The van der Waals surface area contributed by atoms with E-state index in [4.69, 9.17) is 11.6 Å². The van der Waals surface area contributed by atoms with Gasteiger partial charge in [0.2, 0.25) is 0 Å². The summed E-state index contributed by atoms with van der Waals surface area (Å²) in [6.07, 6.45) is 3.68. The van der Waals surface area contributed by atoms with E-state index in [1.165, 1.54) is 18.5 Å². The summed E-state index contributed by atoms with van der Waals surface area (Å²) in [6, 6.07) is 10.1. The largest absolute Gasteiger partial charge is 0.269 e. The third-order valence-corrected chi connectivity index (χ3v) is 3.31. The minimum atomic E-state index is 0.771. The summed E-state index contributed by atoms with van der Waals surface area (Å²) < 4.78 is 2.13. The van der Waals surface area contributed by atoms with Crippen LogP contribution in [0.25, 0.3) is 11.3 Å². The van der Waals surface area contributed by atoms with Crippen LogP contribution >= 0.6 is 11.6 Å². The first-order chi connectivity index (χ1) is 7.83. The lowest BCUT2D eigenvalue weighted by Crippen LogP contribution is -2.10. The van der Waals surface area contributed by atoms with Crippen molar-refractivity contribution in [3.63, 3.8) is 0 Å². The molecule has 0 N–H and O–H groups in total. The molecule has 0 aliphatic carbocycles. The van der Waals surface area contributed by atoms with Crippen molar-refractivity contribution < 1.29 is 0 Å². The first kappa shape index (κ1) is 9.91. The normalized spacial score (nSPS) is 14.8. The van der Waals surface area contributed by atoms with Gasteiger partial charge in [0.15, 0.2) is 0 Å². The second kappa shape index (κ2) is 3.95. The molecule has 82 valence electrons. The number of rotatable bonds is 1. The zero-order valence-electron chi connectivity index (χ0n) is 8.99. The molecule has 16 heavy (non-hydrogen) atoms. The number of halogens is 1. The predicted octanol–water partition coefficient (Wildman–Crippen LogP) is 3.54. The number of fused-ring (bicyclic) bond motifs is 1. The van der Waals surface area contributed by atoms with Crippen LogP contribution in [0.5, 0.6) is 0 Å². The fraction of sp³-hybridized carbons (Fsp3) is 0.308. The Morgan fingerprint density at radius 1 is 1.12 bits per heavy atom. The summed E-state index contributed by atoms with van der Waals surface area (Å²) >= 11 is 5.87. The van der Waals surface area contributed by atoms with Gasteiger partial charge in [-0.1, -0.05) is 23.7 Å². The minimum Gasteiger partial charge on any atom is -0.269 e. The van der Waals surface area contributed by atoms with Gasteiger partial charge >= 0.3 is 0 Å². The summed E-state index contributed by atoms with van der Waals surface area (Å²) in [5.41, 5.74) is 3.57. The van der Waals surface area contributed by atoms with E-state index in [0.717, 1.165) is 29.2 Å². The molecular weight excluding hydrogens is 220 g/mol. The molecule has 2 heterocycles. The molecule has 0 amide bonds. The minimum absolute atomic E-state index is 0.771. The molecule has 0 atom stereocenters. The van der Waals surface area contributed by atoms with E-state index < -0.39 is 0 Å². The van der Waals surface area contributed by atoms with Gasteiger partial charge in [0.1, 0.15) is 0 Å². The quantitative estimate of drug-likeness (QED) is 0.736. The van der Waals surface area contributed by atoms with Gasteiger partial charge < -0.3 is 0 Å². The molecule has 0 bridgehead atoms. The molecule has 1 aromatic carbocycles. The van der Waals surface area contributed by atoms with Gasteiger partial charge in [-0.3, -0.25) is 4.68 Å². The van der Waals surface area contributed by atoms with E-state index in [9.17, 15) is 0 Å². The highest BCUT2D eigenvalue weighted by Crippen LogP contribution is 2.24. The van der Waals surface area contributed by atoms with E-state index >= 15 is 0 Å². The van der Waals surface area contributed by atoms with Crippen LogP contribution in [0.1, 0.15) is 18.5 Å². The van der Waals surface area contributed by atoms with E-state index in [1.54, 1.807) is 0 Å². The summed E-state index contributed by atoms with van der Waals surface area (Å²) in [5, 5.41) is 5.40. The van der Waals surface area contributed by atoms with Crippen molar-refractivity contribution in [1.29, 1.82) is 0 Å². The molecule has 2 aromatic rings. The van der Waals surface area contributed by atoms with Crippen LogP contribution in [0.15, 0.2) is 30.3 Å². The number of aromatic nitrogens is 2. The molecule has 0 spiro atoms. The maximum Gasteiger partial charge on any atom is 0.0926 e. The fourth-order valence-corrected chi connectivity index (χ4v) is 2.31. The molecule has 3 heteroatoms. The molecule has 0 unspecified atom stereocenters. The van der Waals surface area contributed by atoms with E-state index in [1.807, 2.05) is 24.3 Å². The van der Waals surface area contributed by atoms with Gasteiger partial charge in [0.25, 0.3) is 0 Å². The zero-order chi connectivity index (χ0) is 11.0. The van der Waals surface area contributed by atoms with Gasteiger partial charge in [-0.25, -0.2) is 0 Å². The van der Waals surface area contributed by atoms with Gasteiger partial charge in [-0.15, -0.1) is 0 Å². The Kier molecular flexibility index (Phi) is 2.44. The molecule has 3 rings (SSSR count). The predicted molar refractivity (Wildman–Crippen MR) is 65.6 cm³/mol. The lowest BCUT2D eigenvalue weighted by Gasteiger charge is -2.11. The smallest absolute Gasteiger partial charge is 0.0926 e. The molecule has 0 saturated carbocycles. The number of hydrogen-bond acceptors (Lipinski definition) is 1. The average molecular weight is 233 g/mol. The van der Waals surface area contributed by atoms with Crippen LogP contribution in [-0.2, 0) is 13.0 Å². The Labute approximate surface area is 99.9 Å². The standard InChI is InChI=1S/C13H13ClN2/c14-11-6-4-10(5-7-11)13-9-12-3-1-2-8-16(12)15-13/h4-7,9H,1-3,8H2. The van der Waals surface area contributed by atoms with Gasteiger partial charge in [-0.2, -0.15) is 5.10 Å². The van der Waals surface area contributed by atoms with Crippen LogP contribution in [0.2, 0.25) is 5.02 Å². The van der Waals surface area contributed by atoms with Crippen molar-refractivity contribution in [2.45, 2.75) is 25.8 Å². The zero-order valence-corrected chi connectivity index (χ0v) is 9.74. The van der Waals surface area contributed by atoms with E-state index in [0.29, 0.717) is 0 Å². The molecule has 1 aliphatic rings. The van der Waals surface area contributed by atoms with Crippen LogP contribution in [0, 0.1) is 0 Å². The fourth-order valence-electron chi connectivity index (χ4n) is 2.18. The topological polar surface area (TPSA) is 17.8 Å². The molecule has 1 aromatic heterocycles. The van der Waals surface area contributed by atoms with Crippen molar-refractivity contribution in [2.24, 2.45) is 0 Å². The molecular formula is C13H13ClN2. The summed E-state index contributed by atoms with van der Waals surface area (Å²) in [7, 11) is 0. The maximum absolute atomic E-state index is 5.87.